The molecule has 0 radical (unpaired) electrons. The Morgan fingerprint density at radius 1 is 1.03 bits per heavy atom. The van der Waals surface area contributed by atoms with E-state index < -0.39 is 10.0 Å². The van der Waals surface area contributed by atoms with Gasteiger partial charge in [-0.2, -0.15) is 4.31 Å². The molecule has 1 aromatic carbocycles. The molecule has 7 heteroatoms. The Morgan fingerprint density at radius 2 is 1.57 bits per heavy atom. The van der Waals surface area contributed by atoms with Crippen molar-refractivity contribution in [1.29, 1.82) is 0 Å². The average molecular weight is 433 g/mol. The lowest BCUT2D eigenvalue weighted by molar-refractivity contribution is -0.121. The maximum atomic E-state index is 12.7. The van der Waals surface area contributed by atoms with Crippen LogP contribution in [0.4, 0.5) is 0 Å². The third kappa shape index (κ3) is 4.33. The number of likely N-dealkylation sites (N-methyl/N-ethyl adjacent to an activating group) is 1. The van der Waals surface area contributed by atoms with Crippen molar-refractivity contribution in [3.63, 3.8) is 0 Å². The zero-order valence-corrected chi connectivity index (χ0v) is 18.7. The minimum Gasteiger partial charge on any atom is -0.355 e. The molecule has 4 aliphatic carbocycles. The third-order valence-electron chi connectivity index (χ3n) is 7.48. The molecule has 164 valence electrons. The number of rotatable bonds is 8. The summed E-state index contributed by atoms with van der Waals surface area (Å²) in [4.78, 5) is 23.9. The van der Waals surface area contributed by atoms with Gasteiger partial charge in [0.25, 0.3) is 0 Å². The van der Waals surface area contributed by atoms with Crippen molar-refractivity contribution >= 4 is 21.7 Å². The van der Waals surface area contributed by atoms with Crippen LogP contribution in [0.15, 0.2) is 29.2 Å². The predicted octanol–water partition coefficient (Wildman–Crippen LogP) is 3.23. The van der Waals surface area contributed by atoms with Gasteiger partial charge in [0.15, 0.2) is 5.78 Å². The summed E-state index contributed by atoms with van der Waals surface area (Å²) in [6.07, 6.45) is 9.13. The van der Waals surface area contributed by atoms with E-state index in [4.69, 9.17) is 0 Å². The van der Waals surface area contributed by atoms with Crippen LogP contribution in [0.1, 0.15) is 62.2 Å². The number of Topliss-reactive ketones (excluding diaryl/α,β-unsaturated/α-hetero) is 1. The second-order valence-electron chi connectivity index (χ2n) is 9.86. The van der Waals surface area contributed by atoms with E-state index in [1.54, 1.807) is 0 Å². The number of carbonyl (C=O) groups is 2. The molecule has 5 rings (SSSR count). The average Bonchev–Trinajstić information content (AvgIpc) is 2.66. The number of hydrogen-bond acceptors (Lipinski definition) is 4. The lowest BCUT2D eigenvalue weighted by atomic mass is 9.49. The first-order valence-electron chi connectivity index (χ1n) is 11.0. The molecule has 0 aliphatic heterocycles. The number of benzene rings is 1. The second-order valence-corrected chi connectivity index (χ2v) is 11.9. The van der Waals surface area contributed by atoms with Crippen LogP contribution in [0, 0.1) is 23.2 Å². The van der Waals surface area contributed by atoms with Crippen molar-refractivity contribution < 1.29 is 18.0 Å². The topological polar surface area (TPSA) is 83.6 Å². The Bertz CT molecular complexity index is 888. The Kier molecular flexibility index (Phi) is 5.79. The third-order valence-corrected chi connectivity index (χ3v) is 9.30. The summed E-state index contributed by atoms with van der Waals surface area (Å²) in [7, 11) is -2.37. The summed E-state index contributed by atoms with van der Waals surface area (Å²) in [5, 5.41) is 2.95. The molecule has 0 atom stereocenters. The van der Waals surface area contributed by atoms with Gasteiger partial charge in [-0.15, -0.1) is 0 Å². The first-order valence-corrected chi connectivity index (χ1v) is 12.4. The van der Waals surface area contributed by atoms with Crippen molar-refractivity contribution in [3.8, 4) is 0 Å². The van der Waals surface area contributed by atoms with Crippen molar-refractivity contribution in [1.82, 2.24) is 9.62 Å². The van der Waals surface area contributed by atoms with E-state index in [2.05, 4.69) is 5.32 Å². The van der Waals surface area contributed by atoms with E-state index in [1.165, 1.54) is 76.8 Å². The summed E-state index contributed by atoms with van der Waals surface area (Å²) in [5.74, 6) is 2.27. The van der Waals surface area contributed by atoms with Gasteiger partial charge in [0.05, 0.1) is 11.4 Å². The van der Waals surface area contributed by atoms with Crippen LogP contribution >= 0.6 is 0 Å². The predicted molar refractivity (Wildman–Crippen MR) is 114 cm³/mol. The Balaban J connectivity index is 1.29. The van der Waals surface area contributed by atoms with Crippen LogP contribution in [0.3, 0.4) is 0 Å². The van der Waals surface area contributed by atoms with E-state index in [0.29, 0.717) is 17.5 Å². The molecule has 0 unspecified atom stereocenters. The van der Waals surface area contributed by atoms with E-state index in [9.17, 15) is 18.0 Å². The minimum atomic E-state index is -3.78. The molecule has 4 bridgehead atoms. The highest BCUT2D eigenvalue weighted by Crippen LogP contribution is 2.61. The largest absolute Gasteiger partial charge is 0.355 e. The van der Waals surface area contributed by atoms with Crippen LogP contribution < -0.4 is 5.32 Å². The zero-order valence-electron chi connectivity index (χ0n) is 17.9. The molecule has 1 N–H and O–H groups in total. The smallest absolute Gasteiger partial charge is 0.243 e. The molecule has 30 heavy (non-hydrogen) atoms. The number of amides is 1. The number of sulfonamides is 1. The molecule has 1 aromatic rings. The molecule has 0 aromatic heterocycles. The summed E-state index contributed by atoms with van der Waals surface area (Å²) < 4.78 is 26.5. The highest BCUT2D eigenvalue weighted by atomic mass is 32.2. The number of hydrogen-bond donors (Lipinski definition) is 1. The summed E-state index contributed by atoms with van der Waals surface area (Å²) >= 11 is 0. The highest BCUT2D eigenvalue weighted by Gasteiger charge is 2.50. The van der Waals surface area contributed by atoms with Crippen LogP contribution in [0.5, 0.6) is 0 Å². The van der Waals surface area contributed by atoms with Crippen molar-refractivity contribution in [2.45, 2.75) is 56.8 Å². The van der Waals surface area contributed by atoms with Crippen LogP contribution in [-0.2, 0) is 14.8 Å². The Labute approximate surface area is 179 Å². The van der Waals surface area contributed by atoms with Gasteiger partial charge in [-0.3, -0.25) is 9.59 Å². The van der Waals surface area contributed by atoms with Gasteiger partial charge in [0.1, 0.15) is 0 Å². The first kappa shape index (κ1) is 21.5. The molecule has 4 saturated carbocycles. The van der Waals surface area contributed by atoms with Gasteiger partial charge in [-0.1, -0.05) is 12.1 Å². The maximum absolute atomic E-state index is 12.7. The van der Waals surface area contributed by atoms with E-state index in [0.717, 1.165) is 28.5 Å². The quantitative estimate of drug-likeness (QED) is 0.639. The SMILES string of the molecule is CC(=O)c1ccc(S(=O)(=O)N(C)CC(=O)NCCC23CC4CC(CC(C4)C2)C3)cc1. The van der Waals surface area contributed by atoms with Crippen LogP contribution in [0.25, 0.3) is 0 Å². The normalized spacial score (nSPS) is 29.9. The Morgan fingerprint density at radius 3 is 2.07 bits per heavy atom. The standard InChI is InChI=1S/C23H32N2O4S/c1-16(26)20-3-5-21(6-4-20)30(28,29)25(2)15-22(27)24-8-7-23-12-17-9-18(13-23)11-19(10-17)14-23/h3-6,17-19H,7-15H2,1-2H3,(H,24,27). The lowest BCUT2D eigenvalue weighted by Gasteiger charge is -2.57. The number of nitrogens with zero attached hydrogens (tertiary/aromatic N) is 1. The molecule has 4 fully saturated rings. The summed E-state index contributed by atoms with van der Waals surface area (Å²) in [6.45, 7) is 1.84. The van der Waals surface area contributed by atoms with Gasteiger partial charge in [0.2, 0.25) is 15.9 Å². The molecular formula is C23H32N2O4S. The van der Waals surface area contributed by atoms with E-state index in [-0.39, 0.29) is 23.1 Å². The maximum Gasteiger partial charge on any atom is 0.243 e. The van der Waals surface area contributed by atoms with E-state index in [1.807, 2.05) is 0 Å². The van der Waals surface area contributed by atoms with E-state index >= 15 is 0 Å². The fourth-order valence-electron chi connectivity index (χ4n) is 6.45. The van der Waals surface area contributed by atoms with Gasteiger partial charge in [-0.25, -0.2) is 8.42 Å². The van der Waals surface area contributed by atoms with Gasteiger partial charge in [-0.05, 0) is 87.2 Å². The first-order chi connectivity index (χ1) is 14.2. The number of carbonyl (C=O) groups excluding carboxylic acids is 2. The molecule has 0 heterocycles. The summed E-state index contributed by atoms with van der Waals surface area (Å²) in [5.41, 5.74) is 0.859. The van der Waals surface area contributed by atoms with Gasteiger partial charge in [0, 0.05) is 19.2 Å². The Hall–Kier alpha value is -1.73. The monoisotopic (exact) mass is 432 g/mol. The number of ketones is 1. The van der Waals surface area contributed by atoms with Crippen molar-refractivity contribution in [2.24, 2.45) is 23.2 Å². The number of nitrogens with one attached hydrogen (secondary N) is 1. The molecule has 0 spiro atoms. The highest BCUT2D eigenvalue weighted by molar-refractivity contribution is 7.89. The molecular weight excluding hydrogens is 400 g/mol. The fraction of sp³-hybridized carbons (Fsp3) is 0.652. The summed E-state index contributed by atoms with van der Waals surface area (Å²) in [6, 6.07) is 5.81. The van der Waals surface area contributed by atoms with Crippen molar-refractivity contribution in [3.05, 3.63) is 29.8 Å². The van der Waals surface area contributed by atoms with Crippen LogP contribution in [-0.4, -0.2) is 44.6 Å². The molecule has 4 aliphatic rings. The fourth-order valence-corrected chi connectivity index (χ4v) is 7.58. The second kappa shape index (κ2) is 8.08. The van der Waals surface area contributed by atoms with Crippen LogP contribution in [0.2, 0.25) is 0 Å². The molecule has 1 amide bonds. The van der Waals surface area contributed by atoms with Gasteiger partial charge < -0.3 is 5.32 Å². The minimum absolute atomic E-state index is 0.0800. The molecule has 0 saturated heterocycles. The zero-order chi connectivity index (χ0) is 21.5. The lowest BCUT2D eigenvalue weighted by Crippen LogP contribution is -2.47. The molecule has 6 nitrogen and oxygen atoms in total. The van der Waals surface area contributed by atoms with Crippen molar-refractivity contribution in [2.75, 3.05) is 20.1 Å². The van der Waals surface area contributed by atoms with Gasteiger partial charge >= 0.3 is 0 Å².